The molecule has 31 heavy (non-hydrogen) atoms. The third-order valence-electron chi connectivity index (χ3n) is 5.53. The zero-order chi connectivity index (χ0) is 22.1. The average Bonchev–Trinajstić information content (AvgIpc) is 3.27. The van der Waals surface area contributed by atoms with Crippen molar-refractivity contribution in [2.24, 2.45) is 0 Å². The Morgan fingerprint density at radius 3 is 2.55 bits per heavy atom. The molecule has 1 atom stereocenters. The van der Waals surface area contributed by atoms with Crippen molar-refractivity contribution in [2.75, 3.05) is 11.4 Å². The van der Waals surface area contributed by atoms with Gasteiger partial charge in [-0.3, -0.25) is 4.79 Å². The summed E-state index contributed by atoms with van der Waals surface area (Å²) in [5.41, 5.74) is 2.63. The Kier molecular flexibility index (Phi) is 5.46. The van der Waals surface area contributed by atoms with Gasteiger partial charge >= 0.3 is 5.97 Å². The van der Waals surface area contributed by atoms with E-state index >= 15 is 0 Å². The Bertz CT molecular complexity index is 1140. The number of nitrogens with zero attached hydrogens (tertiary/aromatic N) is 3. The van der Waals surface area contributed by atoms with Gasteiger partial charge < -0.3 is 15.3 Å². The van der Waals surface area contributed by atoms with E-state index in [0.717, 1.165) is 5.56 Å². The summed E-state index contributed by atoms with van der Waals surface area (Å²) in [5, 5.41) is 16.5. The van der Waals surface area contributed by atoms with E-state index in [1.165, 1.54) is 18.2 Å². The number of nitrogens with one attached hydrogen (secondary N) is 1. The number of carbonyl (C=O) groups excluding carboxylic acids is 1. The molecule has 2 N–H and O–H groups in total. The van der Waals surface area contributed by atoms with Crippen LogP contribution in [0.1, 0.15) is 50.5 Å². The van der Waals surface area contributed by atoms with Crippen molar-refractivity contribution in [3.8, 4) is 0 Å². The monoisotopic (exact) mass is 422 g/mol. The molecule has 1 aliphatic heterocycles. The van der Waals surface area contributed by atoms with Crippen molar-refractivity contribution in [1.82, 2.24) is 15.1 Å². The van der Waals surface area contributed by atoms with Crippen molar-refractivity contribution in [1.29, 1.82) is 0 Å². The van der Waals surface area contributed by atoms with Gasteiger partial charge in [0.1, 0.15) is 17.2 Å². The average molecular weight is 422 g/mol. The Morgan fingerprint density at radius 1 is 1.16 bits per heavy atom. The molecule has 0 unspecified atom stereocenters. The first-order valence-corrected chi connectivity index (χ1v) is 10.0. The van der Waals surface area contributed by atoms with Gasteiger partial charge in [-0.25, -0.2) is 13.9 Å². The number of anilines is 1. The Balaban J connectivity index is 1.55. The lowest BCUT2D eigenvalue weighted by molar-refractivity contribution is 0.0696. The molecule has 2 aromatic carbocycles. The van der Waals surface area contributed by atoms with Gasteiger partial charge in [0.15, 0.2) is 0 Å². The number of carboxylic acid groups (broad SMARTS) is 1. The van der Waals surface area contributed by atoms with Crippen LogP contribution in [0.2, 0.25) is 0 Å². The van der Waals surface area contributed by atoms with E-state index in [2.05, 4.69) is 10.4 Å². The van der Waals surface area contributed by atoms with Crippen molar-refractivity contribution >= 4 is 17.7 Å². The molecule has 1 amide bonds. The van der Waals surface area contributed by atoms with Crippen molar-refractivity contribution in [3.05, 3.63) is 82.3 Å². The van der Waals surface area contributed by atoms with E-state index in [1.54, 1.807) is 41.9 Å². The lowest BCUT2D eigenvalue weighted by atomic mass is 10.1. The number of aryl methyl sites for hydroxylation is 1. The second-order valence-electron chi connectivity index (χ2n) is 7.64. The van der Waals surface area contributed by atoms with Gasteiger partial charge in [0.25, 0.3) is 5.91 Å². The molecule has 0 spiro atoms. The number of carbonyl (C=O) groups is 2. The number of hydrogen-bond acceptors (Lipinski definition) is 4. The fourth-order valence-electron chi connectivity index (χ4n) is 3.89. The first kappa shape index (κ1) is 20.6. The number of aromatic carboxylic acids is 1. The highest BCUT2D eigenvalue weighted by Crippen LogP contribution is 2.31. The third-order valence-corrected chi connectivity index (χ3v) is 5.53. The van der Waals surface area contributed by atoms with E-state index in [4.69, 9.17) is 5.11 Å². The molecule has 2 heterocycles. The molecule has 0 aliphatic carbocycles. The Hall–Kier alpha value is -3.68. The minimum Gasteiger partial charge on any atom is -0.478 e. The maximum atomic E-state index is 14.2. The second-order valence-corrected chi connectivity index (χ2v) is 7.64. The van der Waals surface area contributed by atoms with Crippen LogP contribution in [-0.2, 0) is 13.1 Å². The van der Waals surface area contributed by atoms with Gasteiger partial charge in [-0.2, -0.15) is 5.10 Å². The van der Waals surface area contributed by atoms with Crippen molar-refractivity contribution < 1.29 is 19.1 Å². The largest absolute Gasteiger partial charge is 0.478 e. The lowest BCUT2D eigenvalue weighted by Gasteiger charge is -2.20. The molecule has 3 aromatic rings. The van der Waals surface area contributed by atoms with Crippen LogP contribution in [0.5, 0.6) is 0 Å². The zero-order valence-corrected chi connectivity index (χ0v) is 17.3. The van der Waals surface area contributed by atoms with E-state index in [9.17, 15) is 14.0 Å². The summed E-state index contributed by atoms with van der Waals surface area (Å²) >= 11 is 0. The molecule has 0 fully saturated rings. The first-order valence-electron chi connectivity index (χ1n) is 10.0. The topological polar surface area (TPSA) is 87.5 Å². The summed E-state index contributed by atoms with van der Waals surface area (Å²) in [6, 6.07) is 12.7. The van der Waals surface area contributed by atoms with E-state index < -0.39 is 5.97 Å². The standard InChI is InChI=1S/C23H23FN4O3/c1-14(16-7-9-17(10-8-16)23(30)31)25-21(29)20-15(2)26-28-12-11-27(22(20)28)13-18-5-3-4-6-19(18)24/h3-10,14H,11-13H2,1-2H3,(H,25,29)(H,30,31)/t14-/m0/s1. The molecule has 4 rings (SSSR count). The van der Waals surface area contributed by atoms with Crippen LogP contribution < -0.4 is 10.2 Å². The Morgan fingerprint density at radius 2 is 1.87 bits per heavy atom. The highest BCUT2D eigenvalue weighted by Gasteiger charge is 2.31. The number of carboxylic acids is 1. The second kappa shape index (κ2) is 8.22. The molecule has 1 aliphatic rings. The predicted molar refractivity (Wildman–Crippen MR) is 114 cm³/mol. The smallest absolute Gasteiger partial charge is 0.335 e. The van der Waals surface area contributed by atoms with Gasteiger partial charge in [-0.05, 0) is 37.6 Å². The maximum absolute atomic E-state index is 14.2. The van der Waals surface area contributed by atoms with E-state index in [1.807, 2.05) is 11.8 Å². The van der Waals surface area contributed by atoms with Crippen molar-refractivity contribution in [2.45, 2.75) is 33.0 Å². The van der Waals surface area contributed by atoms with Gasteiger partial charge in [0, 0.05) is 18.7 Å². The number of aromatic nitrogens is 2. The molecule has 8 heteroatoms. The van der Waals surface area contributed by atoms with E-state index in [-0.39, 0.29) is 23.3 Å². The van der Waals surface area contributed by atoms with Crippen LogP contribution >= 0.6 is 0 Å². The molecule has 0 saturated carbocycles. The summed E-state index contributed by atoms with van der Waals surface area (Å²) in [6.07, 6.45) is 0. The summed E-state index contributed by atoms with van der Waals surface area (Å²) in [6.45, 7) is 5.25. The molecular weight excluding hydrogens is 399 g/mol. The van der Waals surface area contributed by atoms with Crippen LogP contribution in [0.3, 0.4) is 0 Å². The zero-order valence-electron chi connectivity index (χ0n) is 17.3. The number of amides is 1. The normalized spacial score (nSPS) is 13.7. The molecule has 0 radical (unpaired) electrons. The lowest BCUT2D eigenvalue weighted by Crippen LogP contribution is -2.29. The van der Waals surface area contributed by atoms with Gasteiger partial charge in [-0.15, -0.1) is 0 Å². The van der Waals surface area contributed by atoms with Crippen molar-refractivity contribution in [3.63, 3.8) is 0 Å². The molecular formula is C23H23FN4O3. The molecule has 0 saturated heterocycles. The number of fused-ring (bicyclic) bond motifs is 1. The third kappa shape index (κ3) is 4.01. The Labute approximate surface area is 179 Å². The number of hydrogen-bond donors (Lipinski definition) is 2. The molecule has 0 bridgehead atoms. The minimum atomic E-state index is -0.996. The molecule has 1 aromatic heterocycles. The van der Waals surface area contributed by atoms with Gasteiger partial charge in [0.2, 0.25) is 0 Å². The summed E-state index contributed by atoms with van der Waals surface area (Å²) in [4.78, 5) is 26.2. The van der Waals surface area contributed by atoms with Crippen LogP contribution in [0.4, 0.5) is 10.2 Å². The quantitative estimate of drug-likeness (QED) is 0.635. The summed E-state index contributed by atoms with van der Waals surface area (Å²) < 4.78 is 15.9. The highest BCUT2D eigenvalue weighted by atomic mass is 19.1. The fraction of sp³-hybridized carbons (Fsp3) is 0.261. The summed E-state index contributed by atoms with van der Waals surface area (Å²) in [5.74, 6) is -0.855. The number of halogens is 1. The van der Waals surface area contributed by atoms with Crippen LogP contribution in [-0.4, -0.2) is 33.3 Å². The highest BCUT2D eigenvalue weighted by molar-refractivity contribution is 6.00. The summed E-state index contributed by atoms with van der Waals surface area (Å²) in [7, 11) is 0. The minimum absolute atomic E-state index is 0.191. The number of rotatable bonds is 6. The first-order chi connectivity index (χ1) is 14.8. The van der Waals surface area contributed by atoms with Gasteiger partial charge in [0.05, 0.1) is 23.8 Å². The maximum Gasteiger partial charge on any atom is 0.335 e. The van der Waals surface area contributed by atoms with Crippen LogP contribution in [0.25, 0.3) is 0 Å². The fourth-order valence-corrected chi connectivity index (χ4v) is 3.89. The van der Waals surface area contributed by atoms with E-state index in [0.29, 0.717) is 42.3 Å². The number of benzene rings is 2. The molecule has 7 nitrogen and oxygen atoms in total. The van der Waals surface area contributed by atoms with Crippen LogP contribution in [0.15, 0.2) is 48.5 Å². The SMILES string of the molecule is Cc1nn2c(c1C(=O)N[C@@H](C)c1ccc(C(=O)O)cc1)N(Cc1ccccc1F)CC2. The van der Waals surface area contributed by atoms with Gasteiger partial charge in [-0.1, -0.05) is 30.3 Å². The molecule has 160 valence electrons. The van der Waals surface area contributed by atoms with Crippen LogP contribution in [0, 0.1) is 12.7 Å². The predicted octanol–water partition coefficient (Wildman–Crippen LogP) is 3.54.